The predicted molar refractivity (Wildman–Crippen MR) is 129 cm³/mol. The van der Waals surface area contributed by atoms with Gasteiger partial charge in [-0.15, -0.1) is 0 Å². The van der Waals surface area contributed by atoms with E-state index in [0.29, 0.717) is 24.2 Å². The molecule has 1 aromatic carbocycles. The van der Waals surface area contributed by atoms with Gasteiger partial charge in [-0.25, -0.2) is 14.8 Å². The third kappa shape index (κ3) is 4.29. The molecule has 1 saturated heterocycles. The lowest BCUT2D eigenvalue weighted by atomic mass is 10.0. The van der Waals surface area contributed by atoms with Crippen molar-refractivity contribution in [3.8, 4) is 5.69 Å². The fourth-order valence-electron chi connectivity index (χ4n) is 4.42. The average Bonchev–Trinajstić information content (AvgIpc) is 3.46. The van der Waals surface area contributed by atoms with E-state index in [1.54, 1.807) is 22.1 Å². The van der Waals surface area contributed by atoms with Crippen molar-refractivity contribution in [1.29, 1.82) is 0 Å². The molecule has 1 aliphatic carbocycles. The molecule has 0 radical (unpaired) electrons. The van der Waals surface area contributed by atoms with E-state index in [0.717, 1.165) is 17.3 Å². The van der Waals surface area contributed by atoms with Crippen molar-refractivity contribution in [2.24, 2.45) is 5.92 Å². The Morgan fingerprint density at radius 2 is 1.94 bits per heavy atom. The summed E-state index contributed by atoms with van der Waals surface area (Å²) in [4.78, 5) is 29.9. The lowest BCUT2D eigenvalue weighted by Crippen LogP contribution is -2.38. The Morgan fingerprint density at radius 1 is 1.12 bits per heavy atom. The van der Waals surface area contributed by atoms with Crippen LogP contribution in [0.4, 0.5) is 16.6 Å². The summed E-state index contributed by atoms with van der Waals surface area (Å²) >= 11 is 0. The van der Waals surface area contributed by atoms with Crippen LogP contribution in [0.15, 0.2) is 49.1 Å². The molecule has 0 spiro atoms. The molecule has 2 fully saturated rings. The highest BCUT2D eigenvalue weighted by Crippen LogP contribution is 2.40. The quantitative estimate of drug-likeness (QED) is 0.575. The van der Waals surface area contributed by atoms with Crippen molar-refractivity contribution < 1.29 is 4.79 Å². The first kappa shape index (κ1) is 21.4. The minimum Gasteiger partial charge on any atom is -0.346 e. The molecule has 8 nitrogen and oxygen atoms in total. The van der Waals surface area contributed by atoms with Gasteiger partial charge in [-0.3, -0.25) is 4.90 Å². The first-order valence-electron chi connectivity index (χ1n) is 11.7. The highest BCUT2D eigenvalue weighted by Gasteiger charge is 2.38. The Hall–Kier alpha value is -3.42. The van der Waals surface area contributed by atoms with Crippen LogP contribution in [-0.4, -0.2) is 50.1 Å². The van der Waals surface area contributed by atoms with Crippen molar-refractivity contribution in [3.05, 3.63) is 60.3 Å². The van der Waals surface area contributed by atoms with E-state index < -0.39 is 0 Å². The number of likely N-dealkylation sites (N-methyl/N-ethyl adjacent to an activating group) is 1. The lowest BCUT2D eigenvalue weighted by molar-refractivity contribution is 0.229. The number of hydrogen-bond donors (Lipinski definition) is 1. The number of hydrogen-bond acceptors (Lipinski definition) is 5. The van der Waals surface area contributed by atoms with Crippen LogP contribution >= 0.6 is 0 Å². The number of benzene rings is 1. The summed E-state index contributed by atoms with van der Waals surface area (Å²) in [6, 6.07) is 10.4. The van der Waals surface area contributed by atoms with Gasteiger partial charge in [-0.1, -0.05) is 26.0 Å². The van der Waals surface area contributed by atoms with Gasteiger partial charge in [0, 0.05) is 31.7 Å². The van der Waals surface area contributed by atoms with Gasteiger partial charge < -0.3 is 14.8 Å². The molecular formula is C25H31N7O. The number of carbonyl (C=O) groups is 1. The molecule has 3 aromatic rings. The van der Waals surface area contributed by atoms with Gasteiger partial charge in [-0.2, -0.15) is 4.98 Å². The van der Waals surface area contributed by atoms with Gasteiger partial charge >= 0.3 is 6.03 Å². The maximum Gasteiger partial charge on any atom is 0.325 e. The molecule has 8 heteroatoms. The maximum absolute atomic E-state index is 12.7. The zero-order chi connectivity index (χ0) is 23.1. The lowest BCUT2D eigenvalue weighted by Gasteiger charge is -2.25. The summed E-state index contributed by atoms with van der Waals surface area (Å²) < 4.78 is 2.06. The van der Waals surface area contributed by atoms with E-state index in [2.05, 4.69) is 62.9 Å². The van der Waals surface area contributed by atoms with E-state index in [-0.39, 0.29) is 18.1 Å². The van der Waals surface area contributed by atoms with E-state index in [1.807, 2.05) is 26.5 Å². The minimum absolute atomic E-state index is 0.0291. The Morgan fingerprint density at radius 3 is 2.70 bits per heavy atom. The molecule has 33 heavy (non-hydrogen) atoms. The largest absolute Gasteiger partial charge is 0.346 e. The molecule has 2 aromatic heterocycles. The molecule has 172 valence electrons. The Kier molecular flexibility index (Phi) is 5.52. The normalized spacial score (nSPS) is 19.4. The molecule has 2 atom stereocenters. The van der Waals surface area contributed by atoms with Crippen LogP contribution in [0.25, 0.3) is 5.69 Å². The second-order valence-electron chi connectivity index (χ2n) is 9.52. The summed E-state index contributed by atoms with van der Waals surface area (Å²) in [5.74, 6) is 2.15. The van der Waals surface area contributed by atoms with Crippen molar-refractivity contribution in [3.63, 3.8) is 0 Å². The Bertz CT molecular complexity index is 1150. The molecular weight excluding hydrogens is 414 g/mol. The number of imidazole rings is 1. The molecule has 1 aliphatic heterocycles. The van der Waals surface area contributed by atoms with E-state index in [4.69, 9.17) is 0 Å². The number of aromatic nitrogens is 4. The molecule has 0 bridgehead atoms. The van der Waals surface area contributed by atoms with E-state index >= 15 is 0 Å². The van der Waals surface area contributed by atoms with Crippen LogP contribution in [0.2, 0.25) is 0 Å². The van der Waals surface area contributed by atoms with Crippen LogP contribution in [-0.2, 0) is 0 Å². The van der Waals surface area contributed by atoms with Crippen LogP contribution < -0.4 is 10.2 Å². The summed E-state index contributed by atoms with van der Waals surface area (Å²) in [5, 5.41) is 3.35. The standard InChI is InChI=1S/C25H31N7O/c1-16(2)22-14-30(4)25(33)32(22)23-10-11-26-24(29-23)28-17(3)21-13-31(15-27-21)20-7-5-6-19(12-20)18-8-9-18/h5-7,10-13,15-18,22H,8-9,14H2,1-4H3,(H,26,28,29)/t17-,22+/m0/s1. The number of urea groups is 1. The zero-order valence-electron chi connectivity index (χ0n) is 19.6. The number of nitrogens with zero attached hydrogens (tertiary/aromatic N) is 6. The van der Waals surface area contributed by atoms with Gasteiger partial charge in [0.2, 0.25) is 5.95 Å². The van der Waals surface area contributed by atoms with E-state index in [9.17, 15) is 4.79 Å². The average molecular weight is 446 g/mol. The van der Waals surface area contributed by atoms with Gasteiger partial charge in [0.15, 0.2) is 0 Å². The minimum atomic E-state index is -0.0917. The summed E-state index contributed by atoms with van der Waals surface area (Å²) in [6.45, 7) is 6.99. The molecule has 1 saturated carbocycles. The molecule has 2 amide bonds. The Balaban J connectivity index is 1.32. The number of rotatable bonds is 7. The van der Waals surface area contributed by atoms with Gasteiger partial charge in [-0.05, 0) is 55.4 Å². The highest BCUT2D eigenvalue weighted by molar-refractivity contribution is 5.94. The van der Waals surface area contributed by atoms with Crippen LogP contribution in [0.5, 0.6) is 0 Å². The van der Waals surface area contributed by atoms with Crippen molar-refractivity contribution in [2.75, 3.05) is 23.8 Å². The van der Waals surface area contributed by atoms with Crippen molar-refractivity contribution >= 4 is 17.8 Å². The first-order valence-corrected chi connectivity index (χ1v) is 11.7. The second kappa shape index (κ2) is 8.50. The number of nitrogens with one attached hydrogen (secondary N) is 1. The SMILES string of the molecule is CC(C)[C@H]1CN(C)C(=O)N1c1ccnc(N[C@@H](C)c2cn(-c3cccc(C4CC4)c3)cn2)n1. The fraction of sp³-hybridized carbons (Fsp3) is 0.440. The molecule has 0 unspecified atom stereocenters. The first-order chi connectivity index (χ1) is 15.9. The van der Waals surface area contributed by atoms with Crippen LogP contribution in [0, 0.1) is 5.92 Å². The molecule has 5 rings (SSSR count). The molecule has 1 N–H and O–H groups in total. The number of anilines is 2. The monoisotopic (exact) mass is 445 g/mol. The van der Waals surface area contributed by atoms with Crippen molar-refractivity contribution in [1.82, 2.24) is 24.4 Å². The maximum atomic E-state index is 12.7. The van der Waals surface area contributed by atoms with E-state index in [1.165, 1.54) is 18.4 Å². The Labute approximate surface area is 194 Å². The second-order valence-corrected chi connectivity index (χ2v) is 9.52. The zero-order valence-corrected chi connectivity index (χ0v) is 19.6. The number of amides is 2. The van der Waals surface area contributed by atoms with Gasteiger partial charge in [0.05, 0.1) is 24.1 Å². The van der Waals surface area contributed by atoms with Crippen LogP contribution in [0.1, 0.15) is 56.8 Å². The molecule has 3 heterocycles. The summed E-state index contributed by atoms with van der Waals surface area (Å²) in [6.07, 6.45) is 8.16. The topological polar surface area (TPSA) is 79.2 Å². The third-order valence-electron chi connectivity index (χ3n) is 6.59. The summed E-state index contributed by atoms with van der Waals surface area (Å²) in [7, 11) is 1.83. The summed E-state index contributed by atoms with van der Waals surface area (Å²) in [5.41, 5.74) is 3.43. The van der Waals surface area contributed by atoms with Crippen LogP contribution in [0.3, 0.4) is 0 Å². The smallest absolute Gasteiger partial charge is 0.325 e. The highest BCUT2D eigenvalue weighted by atomic mass is 16.2. The predicted octanol–water partition coefficient (Wildman–Crippen LogP) is 4.61. The van der Waals surface area contributed by atoms with Crippen molar-refractivity contribution in [2.45, 2.75) is 51.6 Å². The fourth-order valence-corrected chi connectivity index (χ4v) is 4.42. The molecule has 2 aliphatic rings. The van der Waals surface area contributed by atoms with Gasteiger partial charge in [0.1, 0.15) is 5.82 Å². The van der Waals surface area contributed by atoms with Gasteiger partial charge in [0.25, 0.3) is 0 Å². The third-order valence-corrected chi connectivity index (χ3v) is 6.59. The number of carbonyl (C=O) groups excluding carboxylic acids is 1.